The van der Waals surface area contributed by atoms with Gasteiger partial charge in [-0.1, -0.05) is 18.5 Å². The number of alkyl halides is 3. The zero-order chi connectivity index (χ0) is 16.8. The number of sulfonamides is 1. The monoisotopic (exact) mass is 392 g/mol. The van der Waals surface area contributed by atoms with E-state index in [1.807, 2.05) is 6.92 Å². The fourth-order valence-corrected chi connectivity index (χ4v) is 4.22. The molecule has 0 aliphatic carbocycles. The van der Waals surface area contributed by atoms with Crippen LogP contribution in [0.1, 0.15) is 18.9 Å². The van der Waals surface area contributed by atoms with E-state index in [1.54, 1.807) is 0 Å². The summed E-state index contributed by atoms with van der Waals surface area (Å²) in [6, 6.07) is 2.62. The van der Waals surface area contributed by atoms with E-state index in [-0.39, 0.29) is 30.9 Å². The van der Waals surface area contributed by atoms with Crippen LogP contribution in [-0.4, -0.2) is 32.4 Å². The van der Waals surface area contributed by atoms with Crippen LogP contribution < -0.4 is 5.73 Å². The molecular weight excluding hydrogens is 376 g/mol. The van der Waals surface area contributed by atoms with E-state index < -0.39 is 31.7 Å². The Morgan fingerprint density at radius 3 is 2.48 bits per heavy atom. The molecule has 1 aromatic carbocycles. The van der Waals surface area contributed by atoms with Crippen molar-refractivity contribution in [2.75, 3.05) is 19.6 Å². The van der Waals surface area contributed by atoms with Crippen LogP contribution in [0.2, 0.25) is 5.02 Å². The summed E-state index contributed by atoms with van der Waals surface area (Å²) in [6.45, 7) is 2.59. The molecule has 1 heterocycles. The van der Waals surface area contributed by atoms with Gasteiger partial charge in [-0.3, -0.25) is 0 Å². The molecule has 2 rings (SSSR count). The predicted octanol–water partition coefficient (Wildman–Crippen LogP) is 3.14. The SMILES string of the molecule is CC1(CN)CCN(S(=O)(=O)c2ccc(Cl)c(C(F)(F)F)c2)C1.Cl. The van der Waals surface area contributed by atoms with Crippen molar-refractivity contribution in [1.82, 2.24) is 4.31 Å². The summed E-state index contributed by atoms with van der Waals surface area (Å²) in [5.74, 6) is 0. The van der Waals surface area contributed by atoms with E-state index in [1.165, 1.54) is 4.31 Å². The molecule has 132 valence electrons. The standard InChI is InChI=1S/C13H16ClF3N2O2S.ClH/c1-12(7-18)4-5-19(8-12)22(20,21)9-2-3-11(14)10(6-9)13(15,16)17;/h2-3,6H,4-5,7-8,18H2,1H3;1H. The molecule has 4 nitrogen and oxygen atoms in total. The van der Waals surface area contributed by atoms with Gasteiger partial charge >= 0.3 is 6.18 Å². The lowest BCUT2D eigenvalue weighted by molar-refractivity contribution is -0.137. The van der Waals surface area contributed by atoms with Crippen molar-refractivity contribution in [2.24, 2.45) is 11.1 Å². The summed E-state index contributed by atoms with van der Waals surface area (Å²) in [6.07, 6.45) is -4.14. The summed E-state index contributed by atoms with van der Waals surface area (Å²) in [7, 11) is -4.00. The fourth-order valence-electron chi connectivity index (χ4n) is 2.38. The van der Waals surface area contributed by atoms with Gasteiger partial charge in [-0.25, -0.2) is 8.42 Å². The van der Waals surface area contributed by atoms with E-state index in [9.17, 15) is 21.6 Å². The first-order chi connectivity index (χ1) is 9.99. The molecule has 10 heteroatoms. The van der Waals surface area contributed by atoms with Crippen LogP contribution in [0.15, 0.2) is 23.1 Å². The summed E-state index contributed by atoms with van der Waals surface area (Å²) < 4.78 is 64.8. The maximum atomic E-state index is 12.9. The van der Waals surface area contributed by atoms with Crippen molar-refractivity contribution >= 4 is 34.0 Å². The highest BCUT2D eigenvalue weighted by molar-refractivity contribution is 7.89. The zero-order valence-electron chi connectivity index (χ0n) is 12.2. The van der Waals surface area contributed by atoms with Gasteiger partial charge in [0.05, 0.1) is 15.5 Å². The Bertz CT molecular complexity index is 682. The van der Waals surface area contributed by atoms with Crippen LogP contribution in [0.3, 0.4) is 0 Å². The highest BCUT2D eigenvalue weighted by atomic mass is 35.5. The molecule has 0 aromatic heterocycles. The summed E-state index contributed by atoms with van der Waals surface area (Å²) >= 11 is 5.51. The normalized spacial score (nSPS) is 22.9. The van der Waals surface area contributed by atoms with Crippen LogP contribution in [-0.2, 0) is 16.2 Å². The van der Waals surface area contributed by atoms with Gasteiger partial charge in [-0.15, -0.1) is 12.4 Å². The Morgan fingerprint density at radius 2 is 2.00 bits per heavy atom. The highest BCUT2D eigenvalue weighted by Crippen LogP contribution is 2.38. The van der Waals surface area contributed by atoms with Crippen molar-refractivity contribution in [2.45, 2.75) is 24.4 Å². The number of halogens is 5. The van der Waals surface area contributed by atoms with Gasteiger partial charge in [0.1, 0.15) is 0 Å². The maximum absolute atomic E-state index is 12.9. The van der Waals surface area contributed by atoms with Gasteiger partial charge in [0.2, 0.25) is 10.0 Å². The molecule has 2 N–H and O–H groups in total. The highest BCUT2D eigenvalue weighted by Gasteiger charge is 2.40. The van der Waals surface area contributed by atoms with Crippen LogP contribution in [0.25, 0.3) is 0 Å². The van der Waals surface area contributed by atoms with Gasteiger partial charge < -0.3 is 5.73 Å². The minimum Gasteiger partial charge on any atom is -0.330 e. The van der Waals surface area contributed by atoms with E-state index >= 15 is 0 Å². The number of nitrogens with zero attached hydrogens (tertiary/aromatic N) is 1. The Labute approximate surface area is 144 Å². The van der Waals surface area contributed by atoms with Gasteiger partial charge in [0.15, 0.2) is 0 Å². The van der Waals surface area contributed by atoms with Gasteiger partial charge in [0, 0.05) is 13.1 Å². The summed E-state index contributed by atoms with van der Waals surface area (Å²) in [4.78, 5) is -0.412. The molecule has 0 spiro atoms. The summed E-state index contributed by atoms with van der Waals surface area (Å²) in [5, 5.41) is -0.528. The smallest absolute Gasteiger partial charge is 0.330 e. The lowest BCUT2D eigenvalue weighted by Gasteiger charge is -2.22. The Kier molecular flexibility index (Phi) is 6.02. The van der Waals surface area contributed by atoms with E-state index in [4.69, 9.17) is 17.3 Å². The Morgan fingerprint density at radius 1 is 1.39 bits per heavy atom. The third-order valence-electron chi connectivity index (χ3n) is 3.90. The summed E-state index contributed by atoms with van der Waals surface area (Å²) in [5.41, 5.74) is 4.11. The second-order valence-electron chi connectivity index (χ2n) is 5.74. The molecule has 1 saturated heterocycles. The van der Waals surface area contributed by atoms with Crippen molar-refractivity contribution in [3.8, 4) is 0 Å². The molecule has 1 unspecified atom stereocenters. The zero-order valence-corrected chi connectivity index (χ0v) is 14.6. The minimum atomic E-state index is -4.71. The molecule has 1 atom stereocenters. The van der Waals surface area contributed by atoms with Crippen molar-refractivity contribution in [1.29, 1.82) is 0 Å². The molecule has 0 radical (unpaired) electrons. The molecule has 0 bridgehead atoms. The average molecular weight is 393 g/mol. The van der Waals surface area contributed by atoms with Crippen LogP contribution in [0.4, 0.5) is 13.2 Å². The van der Waals surface area contributed by atoms with Gasteiger partial charge in [-0.05, 0) is 36.6 Å². The third-order valence-corrected chi connectivity index (χ3v) is 6.07. The molecule has 0 amide bonds. The van der Waals surface area contributed by atoms with E-state index in [0.29, 0.717) is 19.0 Å². The minimum absolute atomic E-state index is 0. The Hall–Kier alpha value is -0.540. The number of nitrogens with two attached hydrogens (primary N) is 1. The number of rotatable bonds is 3. The second kappa shape index (κ2) is 6.76. The predicted molar refractivity (Wildman–Crippen MR) is 84.2 cm³/mol. The molecule has 1 aliphatic rings. The second-order valence-corrected chi connectivity index (χ2v) is 8.09. The quantitative estimate of drug-likeness (QED) is 0.858. The fraction of sp³-hybridized carbons (Fsp3) is 0.538. The lowest BCUT2D eigenvalue weighted by Crippen LogP contribution is -2.34. The Balaban J connectivity index is 0.00000264. The van der Waals surface area contributed by atoms with Gasteiger partial charge in [0.25, 0.3) is 0 Å². The van der Waals surface area contributed by atoms with Gasteiger partial charge in [-0.2, -0.15) is 17.5 Å². The molecular formula is C13H17Cl2F3N2O2S. The topological polar surface area (TPSA) is 63.4 Å². The number of benzene rings is 1. The van der Waals surface area contributed by atoms with Crippen LogP contribution >= 0.6 is 24.0 Å². The first kappa shape index (κ1) is 20.5. The molecule has 0 saturated carbocycles. The number of hydrogen-bond acceptors (Lipinski definition) is 3. The first-order valence-electron chi connectivity index (χ1n) is 6.57. The molecule has 1 aromatic rings. The van der Waals surface area contributed by atoms with Crippen molar-refractivity contribution in [3.05, 3.63) is 28.8 Å². The van der Waals surface area contributed by atoms with Crippen molar-refractivity contribution < 1.29 is 21.6 Å². The molecule has 1 fully saturated rings. The molecule has 23 heavy (non-hydrogen) atoms. The van der Waals surface area contributed by atoms with Crippen LogP contribution in [0, 0.1) is 5.41 Å². The van der Waals surface area contributed by atoms with Crippen LogP contribution in [0.5, 0.6) is 0 Å². The number of hydrogen-bond donors (Lipinski definition) is 1. The average Bonchev–Trinajstić information content (AvgIpc) is 2.82. The third kappa shape index (κ3) is 4.11. The molecule has 1 aliphatic heterocycles. The maximum Gasteiger partial charge on any atom is 0.417 e. The lowest BCUT2D eigenvalue weighted by atomic mass is 9.90. The van der Waals surface area contributed by atoms with E-state index in [2.05, 4.69) is 0 Å². The van der Waals surface area contributed by atoms with E-state index in [0.717, 1.165) is 12.1 Å². The first-order valence-corrected chi connectivity index (χ1v) is 8.38. The van der Waals surface area contributed by atoms with Crippen molar-refractivity contribution in [3.63, 3.8) is 0 Å². The largest absolute Gasteiger partial charge is 0.417 e.